The van der Waals surface area contributed by atoms with Crippen LogP contribution in [0.15, 0.2) is 23.2 Å². The lowest BCUT2D eigenvalue weighted by Crippen LogP contribution is -2.20. The van der Waals surface area contributed by atoms with Crippen molar-refractivity contribution in [2.24, 2.45) is 5.73 Å². The summed E-state index contributed by atoms with van der Waals surface area (Å²) in [6.45, 7) is 4.71. The van der Waals surface area contributed by atoms with E-state index in [1.165, 1.54) is 11.3 Å². The van der Waals surface area contributed by atoms with E-state index in [1.807, 2.05) is 13.3 Å². The highest BCUT2D eigenvalue weighted by molar-refractivity contribution is 7.07. The summed E-state index contributed by atoms with van der Waals surface area (Å²) in [6, 6.07) is 2.34. The van der Waals surface area contributed by atoms with Gasteiger partial charge < -0.3 is 10.3 Å². The fraction of sp³-hybridized carbons (Fsp3) is 0.364. The number of nitrogens with two attached hydrogens (primary N) is 1. The van der Waals surface area contributed by atoms with Crippen LogP contribution in [0.4, 0.5) is 0 Å². The topological polar surface area (TPSA) is 43.8 Å². The lowest BCUT2D eigenvalue weighted by atomic mass is 10.1. The van der Waals surface area contributed by atoms with Crippen LogP contribution in [0.5, 0.6) is 0 Å². The second kappa shape index (κ2) is 4.16. The van der Waals surface area contributed by atoms with E-state index in [0.717, 1.165) is 5.69 Å². The van der Waals surface area contributed by atoms with Crippen LogP contribution in [0.3, 0.4) is 0 Å². The average Bonchev–Trinajstić information content (AvgIpc) is 2.84. The molecule has 15 heavy (non-hydrogen) atoms. The van der Waals surface area contributed by atoms with Crippen molar-refractivity contribution >= 4 is 11.3 Å². The summed E-state index contributed by atoms with van der Waals surface area (Å²) >= 11 is 1.70. The highest BCUT2D eigenvalue weighted by Crippen LogP contribution is 2.22. The molecule has 0 bridgehead atoms. The molecule has 80 valence electrons. The minimum Gasteiger partial charge on any atom is -0.328 e. The molecule has 1 atom stereocenters. The van der Waals surface area contributed by atoms with Gasteiger partial charge in [0.1, 0.15) is 0 Å². The summed E-state index contributed by atoms with van der Waals surface area (Å²) in [5.74, 6) is 0. The van der Waals surface area contributed by atoms with Gasteiger partial charge in [0.2, 0.25) is 0 Å². The van der Waals surface area contributed by atoms with Crippen LogP contribution in [0, 0.1) is 13.8 Å². The summed E-state index contributed by atoms with van der Waals surface area (Å²) in [5.41, 5.74) is 9.36. The molecular weight excluding hydrogens is 206 g/mol. The van der Waals surface area contributed by atoms with E-state index < -0.39 is 0 Å². The Morgan fingerprint density at radius 1 is 1.53 bits per heavy atom. The molecule has 2 rings (SSSR count). The zero-order chi connectivity index (χ0) is 10.8. The molecule has 0 fully saturated rings. The number of rotatable bonds is 3. The maximum absolute atomic E-state index is 5.83. The minimum absolute atomic E-state index is 0.220. The van der Waals surface area contributed by atoms with Crippen LogP contribution in [-0.2, 0) is 0 Å². The molecule has 0 aromatic carbocycles. The molecule has 0 saturated carbocycles. The van der Waals surface area contributed by atoms with Gasteiger partial charge in [-0.25, -0.2) is 4.98 Å². The zero-order valence-corrected chi connectivity index (χ0v) is 9.79. The predicted molar refractivity (Wildman–Crippen MR) is 63.2 cm³/mol. The quantitative estimate of drug-likeness (QED) is 0.862. The summed E-state index contributed by atoms with van der Waals surface area (Å²) in [4.78, 5) is 4.31. The first kappa shape index (κ1) is 10.4. The first-order valence-corrected chi connectivity index (χ1v) is 5.90. The van der Waals surface area contributed by atoms with Gasteiger partial charge in [-0.1, -0.05) is 0 Å². The monoisotopic (exact) mass is 221 g/mol. The Morgan fingerprint density at radius 2 is 2.33 bits per heavy atom. The molecule has 2 aromatic rings. The molecule has 3 nitrogen and oxygen atoms in total. The molecule has 0 radical (unpaired) electrons. The van der Waals surface area contributed by atoms with Crippen LogP contribution in [0.2, 0.25) is 0 Å². The summed E-state index contributed by atoms with van der Waals surface area (Å²) in [5, 5.41) is 4.23. The van der Waals surface area contributed by atoms with Gasteiger partial charge in [0.15, 0.2) is 0 Å². The minimum atomic E-state index is 0.220. The van der Waals surface area contributed by atoms with Gasteiger partial charge in [-0.2, -0.15) is 11.3 Å². The van der Waals surface area contributed by atoms with Crippen molar-refractivity contribution < 1.29 is 0 Å². The van der Waals surface area contributed by atoms with Crippen LogP contribution in [0.1, 0.15) is 23.0 Å². The molecule has 2 N–H and O–H groups in total. The molecule has 0 amide bonds. The lowest BCUT2D eigenvalue weighted by Gasteiger charge is -2.17. The Kier molecular flexibility index (Phi) is 2.88. The van der Waals surface area contributed by atoms with E-state index in [0.29, 0.717) is 6.54 Å². The van der Waals surface area contributed by atoms with Crippen molar-refractivity contribution in [3.05, 3.63) is 40.1 Å². The largest absolute Gasteiger partial charge is 0.328 e. The van der Waals surface area contributed by atoms with E-state index in [4.69, 9.17) is 5.73 Å². The van der Waals surface area contributed by atoms with Crippen LogP contribution in [-0.4, -0.2) is 16.1 Å². The van der Waals surface area contributed by atoms with Gasteiger partial charge in [-0.3, -0.25) is 0 Å². The number of aryl methyl sites for hydroxylation is 1. The van der Waals surface area contributed by atoms with Crippen molar-refractivity contribution in [3.8, 4) is 0 Å². The third-order valence-corrected chi connectivity index (χ3v) is 3.48. The number of aromatic nitrogens is 2. The molecule has 4 heteroatoms. The zero-order valence-electron chi connectivity index (χ0n) is 8.97. The maximum Gasteiger partial charge on any atom is 0.0957 e. The van der Waals surface area contributed by atoms with Crippen molar-refractivity contribution in [2.45, 2.75) is 19.9 Å². The lowest BCUT2D eigenvalue weighted by molar-refractivity contribution is 0.582. The molecule has 0 aliphatic heterocycles. The first-order chi connectivity index (χ1) is 7.24. The highest BCUT2D eigenvalue weighted by Gasteiger charge is 2.14. The van der Waals surface area contributed by atoms with E-state index in [9.17, 15) is 0 Å². The molecule has 1 unspecified atom stereocenters. The Hall–Kier alpha value is -1.13. The van der Waals surface area contributed by atoms with E-state index in [2.05, 4.69) is 33.3 Å². The number of imidazole rings is 1. The van der Waals surface area contributed by atoms with Crippen LogP contribution < -0.4 is 5.73 Å². The number of nitrogens with zero attached hydrogens (tertiary/aromatic N) is 2. The second-order valence-corrected chi connectivity index (χ2v) is 4.41. The fourth-order valence-corrected chi connectivity index (χ4v) is 2.41. The molecular formula is C11H15N3S. The number of thiophene rings is 1. The van der Waals surface area contributed by atoms with Gasteiger partial charge in [0.05, 0.1) is 18.1 Å². The van der Waals surface area contributed by atoms with Crippen LogP contribution >= 0.6 is 11.3 Å². The fourth-order valence-electron chi connectivity index (χ4n) is 1.70. The SMILES string of the molecule is Cc1ncn(C(CN)c2ccsc2)c1C. The third-order valence-electron chi connectivity index (χ3n) is 2.77. The first-order valence-electron chi connectivity index (χ1n) is 4.96. The van der Waals surface area contributed by atoms with E-state index in [-0.39, 0.29) is 6.04 Å². The third kappa shape index (κ3) is 1.82. The van der Waals surface area contributed by atoms with Crippen molar-refractivity contribution in [1.82, 2.24) is 9.55 Å². The van der Waals surface area contributed by atoms with Crippen LogP contribution in [0.25, 0.3) is 0 Å². The van der Waals surface area contributed by atoms with Crippen molar-refractivity contribution in [1.29, 1.82) is 0 Å². The van der Waals surface area contributed by atoms with Crippen molar-refractivity contribution in [2.75, 3.05) is 6.54 Å². The maximum atomic E-state index is 5.83. The number of hydrogen-bond donors (Lipinski definition) is 1. The second-order valence-electron chi connectivity index (χ2n) is 3.63. The molecule has 0 aliphatic rings. The molecule has 2 aromatic heterocycles. The average molecular weight is 221 g/mol. The van der Waals surface area contributed by atoms with E-state index in [1.54, 1.807) is 11.3 Å². The molecule has 0 aliphatic carbocycles. The van der Waals surface area contributed by atoms with Gasteiger partial charge in [0, 0.05) is 12.2 Å². The Balaban J connectivity index is 2.40. The number of hydrogen-bond acceptors (Lipinski definition) is 3. The van der Waals surface area contributed by atoms with Gasteiger partial charge in [-0.15, -0.1) is 0 Å². The Morgan fingerprint density at radius 3 is 2.80 bits per heavy atom. The summed E-state index contributed by atoms with van der Waals surface area (Å²) in [6.07, 6.45) is 1.87. The highest BCUT2D eigenvalue weighted by atomic mass is 32.1. The van der Waals surface area contributed by atoms with Gasteiger partial charge in [0.25, 0.3) is 0 Å². The van der Waals surface area contributed by atoms with Gasteiger partial charge in [-0.05, 0) is 36.2 Å². The Bertz CT molecular complexity index is 431. The van der Waals surface area contributed by atoms with Crippen molar-refractivity contribution in [3.63, 3.8) is 0 Å². The van der Waals surface area contributed by atoms with E-state index >= 15 is 0 Å². The molecule has 2 heterocycles. The molecule has 0 spiro atoms. The summed E-state index contributed by atoms with van der Waals surface area (Å²) in [7, 11) is 0. The standard InChI is InChI=1S/C11H15N3S/c1-8-9(2)14(7-13-8)11(5-12)10-3-4-15-6-10/h3-4,6-7,11H,5,12H2,1-2H3. The predicted octanol–water partition coefficient (Wildman–Crippen LogP) is 2.11. The van der Waals surface area contributed by atoms with Gasteiger partial charge >= 0.3 is 0 Å². The normalized spacial score (nSPS) is 13.0. The molecule has 0 saturated heterocycles. The summed E-state index contributed by atoms with van der Waals surface area (Å²) < 4.78 is 2.15. The smallest absolute Gasteiger partial charge is 0.0957 e. The Labute approximate surface area is 93.6 Å².